The summed E-state index contributed by atoms with van der Waals surface area (Å²) in [5, 5.41) is 8.89. The molecule has 0 atom stereocenters. The molecule has 0 radical (unpaired) electrons. The van der Waals surface area contributed by atoms with E-state index < -0.39 is 19.6 Å². The summed E-state index contributed by atoms with van der Waals surface area (Å²) in [7, 11) is 15.4. The van der Waals surface area contributed by atoms with Gasteiger partial charge in [-0.15, -0.1) is 0 Å². The fourth-order valence-corrected chi connectivity index (χ4v) is 0. The van der Waals surface area contributed by atoms with Gasteiger partial charge in [0.05, 0.1) is 0 Å². The summed E-state index contributed by atoms with van der Waals surface area (Å²) in [5.74, 6) is -1.08. The van der Waals surface area contributed by atoms with E-state index in [0.717, 1.165) is 6.92 Å². The van der Waals surface area contributed by atoms with Gasteiger partial charge in [-0.1, -0.05) is 0 Å². The molecule has 0 saturated carbocycles. The third-order valence-corrected chi connectivity index (χ3v) is 0. The van der Waals surface area contributed by atoms with Crippen molar-refractivity contribution in [2.24, 2.45) is 0 Å². The molecular formula is C2H6Cl3NO2Ti. The van der Waals surface area contributed by atoms with E-state index in [2.05, 4.69) is 4.22 Å². The summed E-state index contributed by atoms with van der Waals surface area (Å²) in [5.41, 5.74) is 0. The summed E-state index contributed by atoms with van der Waals surface area (Å²) in [4.78, 5) is 8.89. The van der Waals surface area contributed by atoms with Crippen molar-refractivity contribution in [3.05, 3.63) is 0 Å². The molecule has 3 N–H and O–H groups in total. The number of carbonyl (C=O) groups is 1. The van der Waals surface area contributed by atoms with Crippen molar-refractivity contribution in [1.29, 1.82) is 0 Å². The van der Waals surface area contributed by atoms with Crippen LogP contribution in [0.5, 0.6) is 0 Å². The molecule has 0 aromatic heterocycles. The second kappa shape index (κ2) is 5.77. The quantitative estimate of drug-likeness (QED) is 0.571. The zero-order chi connectivity index (χ0) is 8.08. The first-order chi connectivity index (χ1) is 3.73. The zero-order valence-electron chi connectivity index (χ0n) is 4.66. The Labute approximate surface area is 68.4 Å². The normalized spacial score (nSPS) is 9.44. The second-order valence-corrected chi connectivity index (χ2v) is 13.4. The number of carboxylic acids is 1. The van der Waals surface area contributed by atoms with Crippen LogP contribution in [0.2, 0.25) is 0 Å². The molecule has 0 bridgehead atoms. The molecule has 0 heterocycles. The Morgan fingerprint density at radius 2 is 1.56 bits per heavy atom. The standard InChI is InChI=1S/C2H4O2.3ClH.H3N.Ti/c1-2(3)4;;;;;/h1H3,(H,3,4);3*1H;1H3;/q;;;;;+4/p-4. The molecule has 0 unspecified atom stereocenters. The predicted molar refractivity (Wildman–Crippen MR) is 31.1 cm³/mol. The van der Waals surface area contributed by atoms with Gasteiger partial charge in [-0.3, -0.25) is 0 Å². The van der Waals surface area contributed by atoms with E-state index >= 15 is 0 Å². The number of quaternary nitrogens is 1. The Morgan fingerprint density at radius 1 is 1.56 bits per heavy atom. The van der Waals surface area contributed by atoms with Crippen molar-refractivity contribution in [1.82, 2.24) is 0 Å². The molecule has 9 heavy (non-hydrogen) atoms. The van der Waals surface area contributed by atoms with E-state index in [9.17, 15) is 0 Å². The first kappa shape index (κ1) is 12.7. The van der Waals surface area contributed by atoms with Gasteiger partial charge in [0.15, 0.2) is 0 Å². The molecule has 0 aromatic rings. The fraction of sp³-hybridized carbons (Fsp3) is 0.500. The monoisotopic (exact) mass is 229 g/mol. The molecule has 0 saturated heterocycles. The van der Waals surface area contributed by atoms with Gasteiger partial charge in [-0.05, 0) is 6.92 Å². The van der Waals surface area contributed by atoms with Crippen LogP contribution in [0.3, 0.4) is 0 Å². The minimum absolute atomic E-state index is 0.972. The van der Waals surface area contributed by atoms with E-state index in [1.165, 1.54) is 0 Å². The molecular weight excluding hydrogens is 224 g/mol. The van der Waals surface area contributed by atoms with Crippen molar-refractivity contribution in [2.45, 2.75) is 6.92 Å². The fourth-order valence-electron chi connectivity index (χ4n) is 0. The molecule has 0 aromatic carbocycles. The number of carbonyl (C=O) groups excluding carboxylic acids is 1. The first-order valence-electron chi connectivity index (χ1n) is 1.83. The van der Waals surface area contributed by atoms with Crippen LogP contribution in [0.4, 0.5) is 0 Å². The Balaban J connectivity index is 0. The molecule has 0 aliphatic carbocycles. The summed E-state index contributed by atoms with van der Waals surface area (Å²) < 4.78 is 3.25. The minimum atomic E-state index is -2.83. The van der Waals surface area contributed by atoms with Crippen molar-refractivity contribution in [2.75, 3.05) is 0 Å². The zero-order valence-corrected chi connectivity index (χ0v) is 8.49. The van der Waals surface area contributed by atoms with Crippen LogP contribution in [0, 0.1) is 0 Å². The van der Waals surface area contributed by atoms with Crippen LogP contribution in [0.15, 0.2) is 0 Å². The second-order valence-electron chi connectivity index (χ2n) is 1.11. The van der Waals surface area contributed by atoms with Gasteiger partial charge in [-0.2, -0.15) is 0 Å². The van der Waals surface area contributed by atoms with E-state index in [4.69, 9.17) is 37.8 Å². The number of rotatable bonds is 0. The van der Waals surface area contributed by atoms with Gasteiger partial charge in [0.25, 0.3) is 0 Å². The number of halogens is 3. The van der Waals surface area contributed by atoms with Crippen LogP contribution < -0.4 is 9.32 Å². The molecule has 0 aliphatic heterocycles. The molecule has 0 rings (SSSR count). The van der Waals surface area contributed by atoms with Crippen LogP contribution >= 0.6 is 27.9 Å². The summed E-state index contributed by atoms with van der Waals surface area (Å²) in [6.07, 6.45) is 0. The van der Waals surface area contributed by atoms with Crippen LogP contribution in [-0.4, -0.2) is 5.97 Å². The van der Waals surface area contributed by atoms with Gasteiger partial charge in [0.1, 0.15) is 0 Å². The molecule has 7 heteroatoms. The molecule has 0 spiro atoms. The summed E-state index contributed by atoms with van der Waals surface area (Å²) in [6.45, 7) is 0.972. The molecule has 0 fully saturated rings. The first-order valence-corrected chi connectivity index (χ1v) is 9.38. The average Bonchev–Trinajstić information content (AvgIpc) is 1.19. The Kier molecular flexibility index (Phi) is 8.13. The van der Waals surface area contributed by atoms with Gasteiger partial charge in [0, 0.05) is 5.97 Å². The Bertz CT molecular complexity index is 82.3. The number of carboxylic acid groups (broad SMARTS) is 1. The van der Waals surface area contributed by atoms with Gasteiger partial charge >= 0.3 is 45.8 Å². The molecule has 0 amide bonds. The van der Waals surface area contributed by atoms with Crippen LogP contribution in [-0.2, 0) is 18.5 Å². The Hall–Kier alpha value is 1.01. The maximum atomic E-state index is 8.89. The Morgan fingerprint density at radius 3 is 1.56 bits per heavy atom. The predicted octanol–water partition coefficient (Wildman–Crippen LogP) is -0.485. The third kappa shape index (κ3) is 431. The van der Waals surface area contributed by atoms with E-state index in [1.54, 1.807) is 0 Å². The molecule has 56 valence electrons. The van der Waals surface area contributed by atoms with E-state index in [0.29, 0.717) is 0 Å². The number of hydrogen-bond donors (Lipinski definition) is 1. The SMILES string of the molecule is CC(=O)[O-].[NH3+][Ti]([Cl])([Cl])[Cl]. The van der Waals surface area contributed by atoms with Crippen molar-refractivity contribution in [3.63, 3.8) is 0 Å². The van der Waals surface area contributed by atoms with Crippen molar-refractivity contribution < 1.29 is 27.8 Å². The van der Waals surface area contributed by atoms with E-state index in [-0.39, 0.29) is 0 Å². The van der Waals surface area contributed by atoms with Gasteiger partial charge < -0.3 is 9.90 Å². The maximum absolute atomic E-state index is 8.89. The van der Waals surface area contributed by atoms with Crippen molar-refractivity contribution >= 4 is 33.9 Å². The summed E-state index contributed by atoms with van der Waals surface area (Å²) in [6, 6.07) is 0. The van der Waals surface area contributed by atoms with Crippen LogP contribution in [0.1, 0.15) is 6.92 Å². The topological polar surface area (TPSA) is 67.8 Å². The third-order valence-electron chi connectivity index (χ3n) is 0. The van der Waals surface area contributed by atoms with Gasteiger partial charge in [0.2, 0.25) is 0 Å². The average molecular weight is 230 g/mol. The van der Waals surface area contributed by atoms with E-state index in [1.807, 2.05) is 0 Å². The number of aliphatic carboxylic acids is 1. The number of hydrogen-bond acceptors (Lipinski definition) is 2. The summed E-state index contributed by atoms with van der Waals surface area (Å²) >= 11 is -2.83. The molecule has 3 nitrogen and oxygen atoms in total. The van der Waals surface area contributed by atoms with Crippen LogP contribution in [0.25, 0.3) is 0 Å². The van der Waals surface area contributed by atoms with Crippen molar-refractivity contribution in [3.8, 4) is 0 Å². The van der Waals surface area contributed by atoms with Gasteiger partial charge in [-0.25, -0.2) is 0 Å². The molecule has 0 aliphatic rings.